The molecule has 0 radical (unpaired) electrons. The largest absolute Gasteiger partial charge is 0.477 e. The molecule has 1 aromatic heterocycles. The molecule has 24 heavy (non-hydrogen) atoms. The number of unbranched alkanes of at least 4 members (excludes halogenated alkanes) is 1. The van der Waals surface area contributed by atoms with E-state index in [4.69, 9.17) is 4.74 Å². The van der Waals surface area contributed by atoms with Gasteiger partial charge in [-0.2, -0.15) is 10.1 Å². The maximum atomic E-state index is 12.0. The van der Waals surface area contributed by atoms with E-state index in [1.54, 1.807) is 6.07 Å². The average Bonchev–Trinajstić information content (AvgIpc) is 3.04. The molecule has 0 atom stereocenters. The van der Waals surface area contributed by atoms with Crippen molar-refractivity contribution in [1.82, 2.24) is 4.98 Å². The van der Waals surface area contributed by atoms with Gasteiger partial charge in [-0.25, -0.2) is 9.98 Å². The lowest BCUT2D eigenvalue weighted by molar-refractivity contribution is -0.111. The summed E-state index contributed by atoms with van der Waals surface area (Å²) in [5.74, 6) is -0.242. The van der Waals surface area contributed by atoms with E-state index in [0.29, 0.717) is 29.3 Å². The Morgan fingerprint density at radius 2 is 2.12 bits per heavy atom. The molecule has 0 fully saturated rings. The second kappa shape index (κ2) is 6.61. The Hall–Kier alpha value is -3.03. The van der Waals surface area contributed by atoms with E-state index in [2.05, 4.69) is 25.2 Å². The lowest BCUT2D eigenvalue weighted by Gasteiger charge is -2.13. The van der Waals surface area contributed by atoms with Crippen LogP contribution in [0, 0.1) is 0 Å². The zero-order valence-corrected chi connectivity index (χ0v) is 13.3. The predicted octanol–water partition coefficient (Wildman–Crippen LogP) is 1.63. The summed E-state index contributed by atoms with van der Waals surface area (Å²) in [6.07, 6.45) is 4.66. The number of carbonyl (C=O) groups excluding carboxylic acids is 2. The number of amidine groups is 1. The van der Waals surface area contributed by atoms with Gasteiger partial charge in [0, 0.05) is 11.8 Å². The molecule has 0 aromatic carbocycles. The minimum absolute atomic E-state index is 0.114. The van der Waals surface area contributed by atoms with Crippen LogP contribution in [0.25, 0.3) is 0 Å². The van der Waals surface area contributed by atoms with Crippen LogP contribution in [-0.2, 0) is 4.79 Å². The highest BCUT2D eigenvalue weighted by Crippen LogP contribution is 2.21. The van der Waals surface area contributed by atoms with Crippen molar-refractivity contribution in [1.29, 1.82) is 0 Å². The Kier molecular flexibility index (Phi) is 4.37. The van der Waals surface area contributed by atoms with Gasteiger partial charge in [0.25, 0.3) is 0 Å². The van der Waals surface area contributed by atoms with Gasteiger partial charge in [0.05, 0.1) is 18.4 Å². The summed E-state index contributed by atoms with van der Waals surface area (Å²) in [5, 5.41) is 7.37. The second-order valence-electron chi connectivity index (χ2n) is 5.27. The number of aliphatic imine (C=N–C) groups is 2. The first-order chi connectivity index (χ1) is 11.6. The number of rotatable bonds is 6. The third kappa shape index (κ3) is 3.03. The molecule has 122 valence electrons. The van der Waals surface area contributed by atoms with E-state index in [-0.39, 0.29) is 17.3 Å². The molecule has 0 N–H and O–H groups in total. The number of hydrogen-bond donors (Lipinski definition) is 0. The molecular weight excluding hydrogens is 310 g/mol. The molecule has 0 saturated heterocycles. The molecule has 1 amide bonds. The van der Waals surface area contributed by atoms with E-state index in [1.165, 1.54) is 19.3 Å². The van der Waals surface area contributed by atoms with E-state index >= 15 is 0 Å². The van der Waals surface area contributed by atoms with Crippen LogP contribution in [0.3, 0.4) is 0 Å². The fourth-order valence-corrected chi connectivity index (χ4v) is 2.13. The summed E-state index contributed by atoms with van der Waals surface area (Å²) in [7, 11) is 0. The van der Waals surface area contributed by atoms with Gasteiger partial charge in [-0.1, -0.05) is 13.3 Å². The zero-order chi connectivity index (χ0) is 17.1. The van der Waals surface area contributed by atoms with Gasteiger partial charge in [-0.05, 0) is 19.4 Å². The summed E-state index contributed by atoms with van der Waals surface area (Å²) >= 11 is 0. The molecule has 0 unspecified atom stereocenters. The summed E-state index contributed by atoms with van der Waals surface area (Å²) in [4.78, 5) is 36.1. The normalized spacial score (nSPS) is 15.6. The van der Waals surface area contributed by atoms with Crippen molar-refractivity contribution in [3.8, 4) is 5.88 Å². The Labute approximate surface area is 138 Å². The highest BCUT2D eigenvalue weighted by atomic mass is 16.5. The van der Waals surface area contributed by atoms with Gasteiger partial charge in [0.1, 0.15) is 5.71 Å². The van der Waals surface area contributed by atoms with E-state index < -0.39 is 5.91 Å². The predicted molar refractivity (Wildman–Crippen MR) is 89.6 cm³/mol. The van der Waals surface area contributed by atoms with Gasteiger partial charge in [-0.15, -0.1) is 5.10 Å². The summed E-state index contributed by atoms with van der Waals surface area (Å²) in [6, 6.07) is 1.58. The lowest BCUT2D eigenvalue weighted by atomic mass is 10.1. The van der Waals surface area contributed by atoms with Gasteiger partial charge in [0.15, 0.2) is 17.3 Å². The van der Waals surface area contributed by atoms with Crippen LogP contribution < -0.4 is 4.74 Å². The standard InChI is InChI=1S/C16H15N5O3/c1-3-4-5-24-16-11(6-10(7-17-16)9(2)22)14-19-12-8-18-21-13(12)15(23)20-14/h6-8H,3-5H2,1-2H3. The number of ketones is 1. The van der Waals surface area contributed by atoms with E-state index in [0.717, 1.165) is 12.8 Å². The fourth-order valence-electron chi connectivity index (χ4n) is 2.13. The van der Waals surface area contributed by atoms with Crippen molar-refractivity contribution >= 4 is 35.2 Å². The lowest BCUT2D eigenvalue weighted by Crippen LogP contribution is -2.28. The quantitative estimate of drug-likeness (QED) is 0.585. The van der Waals surface area contributed by atoms with Crippen molar-refractivity contribution in [2.45, 2.75) is 26.7 Å². The minimum atomic E-state index is -0.528. The highest BCUT2D eigenvalue weighted by molar-refractivity contribution is 6.81. The number of pyridine rings is 1. The molecule has 2 aliphatic heterocycles. The molecule has 0 spiro atoms. The summed E-state index contributed by atoms with van der Waals surface area (Å²) < 4.78 is 5.66. The summed E-state index contributed by atoms with van der Waals surface area (Å²) in [6.45, 7) is 3.96. The summed E-state index contributed by atoms with van der Waals surface area (Å²) in [5.41, 5.74) is 1.25. The molecule has 0 saturated carbocycles. The number of carbonyl (C=O) groups is 2. The Morgan fingerprint density at radius 1 is 1.29 bits per heavy atom. The van der Waals surface area contributed by atoms with Crippen LogP contribution in [0.1, 0.15) is 42.6 Å². The monoisotopic (exact) mass is 325 g/mol. The van der Waals surface area contributed by atoms with Gasteiger partial charge in [0.2, 0.25) is 5.88 Å². The molecule has 8 nitrogen and oxygen atoms in total. The first-order valence-electron chi connectivity index (χ1n) is 7.57. The van der Waals surface area contributed by atoms with Crippen molar-refractivity contribution in [3.63, 3.8) is 0 Å². The molecule has 3 rings (SSSR count). The molecule has 2 aliphatic rings. The first kappa shape index (κ1) is 15.9. The smallest absolute Gasteiger partial charge is 0.301 e. The zero-order valence-electron chi connectivity index (χ0n) is 13.3. The second-order valence-corrected chi connectivity index (χ2v) is 5.27. The van der Waals surface area contributed by atoms with Crippen molar-refractivity contribution in [2.75, 3.05) is 6.61 Å². The minimum Gasteiger partial charge on any atom is -0.477 e. The SMILES string of the molecule is CCCCOc1ncc(C(C)=O)cc1C1=NC(=O)C2=NN=CC2=N1. The van der Waals surface area contributed by atoms with E-state index in [9.17, 15) is 9.59 Å². The molecule has 3 heterocycles. The Balaban J connectivity index is 2.02. The first-order valence-corrected chi connectivity index (χ1v) is 7.57. The number of fused-ring (bicyclic) bond motifs is 1. The molecule has 8 heteroatoms. The van der Waals surface area contributed by atoms with Gasteiger partial charge >= 0.3 is 5.91 Å². The highest BCUT2D eigenvalue weighted by Gasteiger charge is 2.28. The van der Waals surface area contributed by atoms with Crippen molar-refractivity contribution in [3.05, 3.63) is 23.4 Å². The number of Topliss-reactive ketones (excluding diaryl/α,β-unsaturated/α-hetero) is 1. The molecule has 0 bridgehead atoms. The van der Waals surface area contributed by atoms with Crippen LogP contribution in [0.15, 0.2) is 32.5 Å². The van der Waals surface area contributed by atoms with Crippen LogP contribution in [-0.4, -0.2) is 46.8 Å². The van der Waals surface area contributed by atoms with Crippen molar-refractivity contribution < 1.29 is 14.3 Å². The number of ether oxygens (including phenoxy) is 1. The maximum absolute atomic E-state index is 12.0. The van der Waals surface area contributed by atoms with Crippen LogP contribution in [0.2, 0.25) is 0 Å². The van der Waals surface area contributed by atoms with Crippen LogP contribution in [0.5, 0.6) is 5.88 Å². The van der Waals surface area contributed by atoms with Gasteiger partial charge in [-0.3, -0.25) is 9.59 Å². The number of aromatic nitrogens is 1. The van der Waals surface area contributed by atoms with Crippen molar-refractivity contribution in [2.24, 2.45) is 20.2 Å². The van der Waals surface area contributed by atoms with Gasteiger partial charge < -0.3 is 4.74 Å². The third-order valence-electron chi connectivity index (χ3n) is 3.45. The number of nitrogens with zero attached hydrogens (tertiary/aromatic N) is 5. The third-order valence-corrected chi connectivity index (χ3v) is 3.45. The molecule has 0 aliphatic carbocycles. The van der Waals surface area contributed by atoms with Crippen LogP contribution in [0.4, 0.5) is 0 Å². The molecule has 1 aromatic rings. The number of amides is 1. The topological polar surface area (TPSA) is 106 Å². The maximum Gasteiger partial charge on any atom is 0.301 e. The number of hydrogen-bond acceptors (Lipinski definition) is 7. The fraction of sp³-hybridized carbons (Fsp3) is 0.312. The average molecular weight is 325 g/mol. The molecular formula is C16H15N5O3. The Bertz CT molecular complexity index is 836. The van der Waals surface area contributed by atoms with Crippen LogP contribution >= 0.6 is 0 Å². The van der Waals surface area contributed by atoms with E-state index in [1.807, 2.05) is 6.92 Å². The Morgan fingerprint density at radius 3 is 2.88 bits per heavy atom.